The Morgan fingerprint density at radius 1 is 1.21 bits per heavy atom. The van der Waals surface area contributed by atoms with Crippen molar-refractivity contribution in [2.24, 2.45) is 10.4 Å². The standard InChI is InChI=1S/C21H34FN3O2.HI/c1-4-23-20(25-16-21(12-13-26-3)10-6-7-11-21)24-15-17-8-9-19(27-5-2)18(22)14-17;/h8-9,14H,4-7,10-13,15-16H2,1-3H3,(H2,23,24,25);1H. The van der Waals surface area contributed by atoms with E-state index in [0.717, 1.165) is 37.6 Å². The predicted molar refractivity (Wildman–Crippen MR) is 123 cm³/mol. The van der Waals surface area contributed by atoms with Crippen molar-refractivity contribution in [3.05, 3.63) is 29.6 Å². The third kappa shape index (κ3) is 7.73. The van der Waals surface area contributed by atoms with Crippen LogP contribution in [0, 0.1) is 11.2 Å². The van der Waals surface area contributed by atoms with Gasteiger partial charge in [-0.1, -0.05) is 18.9 Å². The predicted octanol–water partition coefficient (Wildman–Crippen LogP) is 4.49. The minimum atomic E-state index is -0.341. The van der Waals surface area contributed by atoms with E-state index in [2.05, 4.69) is 15.6 Å². The van der Waals surface area contributed by atoms with E-state index in [4.69, 9.17) is 9.47 Å². The van der Waals surface area contributed by atoms with Gasteiger partial charge in [0.1, 0.15) is 0 Å². The molecule has 160 valence electrons. The molecule has 0 spiro atoms. The van der Waals surface area contributed by atoms with Crippen LogP contribution in [0.25, 0.3) is 0 Å². The molecule has 1 fully saturated rings. The number of benzene rings is 1. The van der Waals surface area contributed by atoms with Gasteiger partial charge in [-0.25, -0.2) is 9.38 Å². The van der Waals surface area contributed by atoms with E-state index in [-0.39, 0.29) is 41.0 Å². The number of guanidine groups is 1. The van der Waals surface area contributed by atoms with Gasteiger partial charge in [0, 0.05) is 26.8 Å². The van der Waals surface area contributed by atoms with Gasteiger partial charge in [-0.2, -0.15) is 0 Å². The first-order chi connectivity index (χ1) is 13.1. The maximum Gasteiger partial charge on any atom is 0.191 e. The Labute approximate surface area is 185 Å². The molecule has 1 aliphatic rings. The number of rotatable bonds is 10. The molecule has 0 aromatic heterocycles. The number of halogens is 2. The number of ether oxygens (including phenoxy) is 2. The molecule has 0 unspecified atom stereocenters. The molecule has 1 aliphatic carbocycles. The van der Waals surface area contributed by atoms with Crippen molar-refractivity contribution in [1.29, 1.82) is 0 Å². The number of aliphatic imine (C=N–C) groups is 1. The van der Waals surface area contributed by atoms with E-state index in [0.29, 0.717) is 13.2 Å². The van der Waals surface area contributed by atoms with E-state index in [1.165, 1.54) is 31.7 Å². The molecule has 0 amide bonds. The van der Waals surface area contributed by atoms with Crippen LogP contribution in [0.2, 0.25) is 0 Å². The molecule has 2 N–H and O–H groups in total. The van der Waals surface area contributed by atoms with Gasteiger partial charge < -0.3 is 20.1 Å². The lowest BCUT2D eigenvalue weighted by atomic mass is 9.83. The molecule has 1 aromatic rings. The second kappa shape index (κ2) is 13.2. The lowest BCUT2D eigenvalue weighted by molar-refractivity contribution is 0.138. The van der Waals surface area contributed by atoms with Gasteiger partial charge in [-0.3, -0.25) is 0 Å². The zero-order chi connectivity index (χ0) is 19.5. The summed E-state index contributed by atoms with van der Waals surface area (Å²) < 4.78 is 24.6. The summed E-state index contributed by atoms with van der Waals surface area (Å²) in [5.74, 6) is 0.721. The van der Waals surface area contributed by atoms with Gasteiger partial charge in [0.2, 0.25) is 0 Å². The Morgan fingerprint density at radius 2 is 1.96 bits per heavy atom. The van der Waals surface area contributed by atoms with Gasteiger partial charge in [-0.15, -0.1) is 24.0 Å². The average Bonchev–Trinajstić information content (AvgIpc) is 3.14. The van der Waals surface area contributed by atoms with Gasteiger partial charge in [0.05, 0.1) is 13.2 Å². The van der Waals surface area contributed by atoms with Crippen molar-refractivity contribution in [2.45, 2.75) is 52.5 Å². The van der Waals surface area contributed by atoms with E-state index in [9.17, 15) is 4.39 Å². The molecule has 7 heteroatoms. The van der Waals surface area contributed by atoms with Crippen molar-refractivity contribution in [1.82, 2.24) is 10.6 Å². The number of methoxy groups -OCH3 is 1. The molecule has 0 aliphatic heterocycles. The van der Waals surface area contributed by atoms with Crippen molar-refractivity contribution < 1.29 is 13.9 Å². The lowest BCUT2D eigenvalue weighted by Crippen LogP contribution is -2.43. The SMILES string of the molecule is CCNC(=NCc1ccc(OCC)c(F)c1)NCC1(CCOC)CCCC1.I. The van der Waals surface area contributed by atoms with Gasteiger partial charge in [-0.05, 0) is 56.2 Å². The number of hydrogen-bond acceptors (Lipinski definition) is 3. The van der Waals surface area contributed by atoms with Crippen LogP contribution in [0.1, 0.15) is 51.5 Å². The second-order valence-corrected chi connectivity index (χ2v) is 7.20. The van der Waals surface area contributed by atoms with Crippen LogP contribution in [0.5, 0.6) is 5.75 Å². The van der Waals surface area contributed by atoms with Crippen molar-refractivity contribution in [2.75, 3.05) is 33.4 Å². The highest BCUT2D eigenvalue weighted by Gasteiger charge is 2.33. The fraction of sp³-hybridized carbons (Fsp3) is 0.667. The van der Waals surface area contributed by atoms with E-state index in [1.807, 2.05) is 19.9 Å². The topological polar surface area (TPSA) is 54.9 Å². The Morgan fingerprint density at radius 3 is 2.57 bits per heavy atom. The smallest absolute Gasteiger partial charge is 0.191 e. The Balaban J connectivity index is 0.00000392. The van der Waals surface area contributed by atoms with Crippen LogP contribution in [0.3, 0.4) is 0 Å². The summed E-state index contributed by atoms with van der Waals surface area (Å²) in [6, 6.07) is 5.02. The molecule has 0 saturated heterocycles. The third-order valence-corrected chi connectivity index (χ3v) is 5.19. The summed E-state index contributed by atoms with van der Waals surface area (Å²) in [6.45, 7) is 7.23. The van der Waals surface area contributed by atoms with E-state index < -0.39 is 0 Å². The second-order valence-electron chi connectivity index (χ2n) is 7.20. The van der Waals surface area contributed by atoms with Crippen LogP contribution in [-0.2, 0) is 11.3 Å². The summed E-state index contributed by atoms with van der Waals surface area (Å²) in [4.78, 5) is 4.63. The fourth-order valence-electron chi connectivity index (χ4n) is 3.66. The van der Waals surface area contributed by atoms with E-state index in [1.54, 1.807) is 13.2 Å². The number of nitrogens with zero attached hydrogens (tertiary/aromatic N) is 1. The monoisotopic (exact) mass is 507 g/mol. The lowest BCUT2D eigenvalue weighted by Gasteiger charge is -2.30. The molecule has 0 bridgehead atoms. The maximum atomic E-state index is 14.0. The van der Waals surface area contributed by atoms with Gasteiger partial charge in [0.15, 0.2) is 17.5 Å². The molecule has 2 rings (SSSR count). The van der Waals surface area contributed by atoms with Gasteiger partial charge >= 0.3 is 0 Å². The van der Waals surface area contributed by atoms with Crippen LogP contribution in [0.15, 0.2) is 23.2 Å². The highest BCUT2D eigenvalue weighted by atomic mass is 127. The molecule has 1 saturated carbocycles. The Hall–Kier alpha value is -1.09. The first-order valence-corrected chi connectivity index (χ1v) is 10.0. The molecular formula is C21H35FIN3O2. The van der Waals surface area contributed by atoms with Crippen molar-refractivity contribution in [3.63, 3.8) is 0 Å². The quantitative estimate of drug-likeness (QED) is 0.278. The number of nitrogens with one attached hydrogen (secondary N) is 2. The molecule has 0 radical (unpaired) electrons. The molecule has 0 heterocycles. The third-order valence-electron chi connectivity index (χ3n) is 5.19. The van der Waals surface area contributed by atoms with Gasteiger partial charge in [0.25, 0.3) is 0 Å². The highest BCUT2D eigenvalue weighted by molar-refractivity contribution is 14.0. The average molecular weight is 507 g/mol. The highest BCUT2D eigenvalue weighted by Crippen LogP contribution is 2.40. The Bertz CT molecular complexity index is 607. The maximum absolute atomic E-state index is 14.0. The van der Waals surface area contributed by atoms with Crippen LogP contribution in [0.4, 0.5) is 4.39 Å². The molecule has 0 atom stereocenters. The van der Waals surface area contributed by atoms with Crippen LogP contribution < -0.4 is 15.4 Å². The zero-order valence-corrected chi connectivity index (χ0v) is 19.7. The summed E-state index contributed by atoms with van der Waals surface area (Å²) in [5, 5.41) is 6.78. The van der Waals surface area contributed by atoms with Crippen LogP contribution in [-0.4, -0.2) is 39.4 Å². The molecule has 5 nitrogen and oxygen atoms in total. The van der Waals surface area contributed by atoms with E-state index >= 15 is 0 Å². The summed E-state index contributed by atoms with van der Waals surface area (Å²) >= 11 is 0. The Kier molecular flexibility index (Phi) is 11.8. The molecule has 28 heavy (non-hydrogen) atoms. The minimum Gasteiger partial charge on any atom is -0.491 e. The fourth-order valence-corrected chi connectivity index (χ4v) is 3.66. The minimum absolute atomic E-state index is 0. The summed E-state index contributed by atoms with van der Waals surface area (Å²) in [6.07, 6.45) is 6.09. The molecule has 1 aromatic carbocycles. The largest absolute Gasteiger partial charge is 0.491 e. The van der Waals surface area contributed by atoms with Crippen molar-refractivity contribution in [3.8, 4) is 5.75 Å². The van der Waals surface area contributed by atoms with Crippen molar-refractivity contribution >= 4 is 29.9 Å². The first kappa shape index (κ1) is 24.9. The zero-order valence-electron chi connectivity index (χ0n) is 17.4. The number of hydrogen-bond donors (Lipinski definition) is 2. The molecular weight excluding hydrogens is 472 g/mol. The normalized spacial score (nSPS) is 15.8. The summed E-state index contributed by atoms with van der Waals surface area (Å²) in [5.41, 5.74) is 1.11. The summed E-state index contributed by atoms with van der Waals surface area (Å²) in [7, 11) is 1.76. The first-order valence-electron chi connectivity index (χ1n) is 10.0. The van der Waals surface area contributed by atoms with Crippen LogP contribution >= 0.6 is 24.0 Å².